The number of amides is 1. The quantitative estimate of drug-likeness (QED) is 0.929. The van der Waals surface area contributed by atoms with Crippen molar-refractivity contribution in [3.8, 4) is 0 Å². The molecule has 0 aromatic heterocycles. The molecule has 0 spiro atoms. The summed E-state index contributed by atoms with van der Waals surface area (Å²) in [5.41, 5.74) is 0.524. The highest BCUT2D eigenvalue weighted by atomic mass is 79.9. The van der Waals surface area contributed by atoms with E-state index in [1.807, 2.05) is 6.92 Å². The van der Waals surface area contributed by atoms with Gasteiger partial charge in [0.2, 0.25) is 0 Å². The fourth-order valence-electron chi connectivity index (χ4n) is 1.09. The number of methoxy groups -OCH3 is 1. The van der Waals surface area contributed by atoms with Crippen molar-refractivity contribution in [1.29, 1.82) is 0 Å². The lowest BCUT2D eigenvalue weighted by atomic mass is 10.2. The Kier molecular flexibility index (Phi) is 5.25. The van der Waals surface area contributed by atoms with Crippen LogP contribution in [0.25, 0.3) is 0 Å². The summed E-state index contributed by atoms with van der Waals surface area (Å²) in [7, 11) is 1.60. The van der Waals surface area contributed by atoms with Gasteiger partial charge in [-0.05, 0) is 41.1 Å². The van der Waals surface area contributed by atoms with E-state index in [9.17, 15) is 4.79 Å². The Bertz CT molecular complexity index is 384. The molecule has 0 fully saturated rings. The summed E-state index contributed by atoms with van der Waals surface area (Å²) in [4.78, 5) is 11.8. The van der Waals surface area contributed by atoms with E-state index in [0.29, 0.717) is 17.1 Å². The molecule has 1 amide bonds. The lowest BCUT2D eigenvalue weighted by Crippen LogP contribution is -2.31. The minimum Gasteiger partial charge on any atom is -0.380 e. The van der Waals surface area contributed by atoms with Crippen LogP contribution in [0.15, 0.2) is 22.7 Å². The summed E-state index contributed by atoms with van der Waals surface area (Å²) in [6.45, 7) is 2.35. The number of hydrogen-bond acceptors (Lipinski definition) is 2. The van der Waals surface area contributed by atoms with Gasteiger partial charge in [0.05, 0.1) is 11.7 Å². The van der Waals surface area contributed by atoms with Gasteiger partial charge in [0.1, 0.15) is 0 Å². The van der Waals surface area contributed by atoms with Gasteiger partial charge in [-0.15, -0.1) is 0 Å². The molecule has 1 atom stereocenters. The standard InChI is InChI=1S/C11H13BrClNO2/c1-7(16-2)6-14-11(15)9-5-8(13)3-4-10(9)12/h3-5,7H,6H2,1-2H3,(H,14,15). The maximum Gasteiger partial charge on any atom is 0.252 e. The minimum atomic E-state index is -0.168. The van der Waals surface area contributed by atoms with E-state index in [1.54, 1.807) is 25.3 Å². The smallest absolute Gasteiger partial charge is 0.252 e. The minimum absolute atomic E-state index is 0.0121. The van der Waals surface area contributed by atoms with Gasteiger partial charge >= 0.3 is 0 Å². The third-order valence-electron chi connectivity index (χ3n) is 2.13. The zero-order chi connectivity index (χ0) is 12.1. The molecular formula is C11H13BrClNO2. The number of carbonyl (C=O) groups excluding carboxylic acids is 1. The van der Waals surface area contributed by atoms with Crippen molar-refractivity contribution in [2.24, 2.45) is 0 Å². The van der Waals surface area contributed by atoms with Gasteiger partial charge in [0.15, 0.2) is 0 Å². The van der Waals surface area contributed by atoms with Gasteiger partial charge < -0.3 is 10.1 Å². The van der Waals surface area contributed by atoms with E-state index in [2.05, 4.69) is 21.2 Å². The Hall–Kier alpha value is -0.580. The Balaban J connectivity index is 2.69. The van der Waals surface area contributed by atoms with Gasteiger partial charge in [0, 0.05) is 23.1 Å². The van der Waals surface area contributed by atoms with E-state index in [1.165, 1.54) is 0 Å². The molecule has 1 N–H and O–H groups in total. The Labute approximate surface area is 108 Å². The molecule has 1 aromatic rings. The molecule has 0 aliphatic heterocycles. The first-order valence-electron chi connectivity index (χ1n) is 4.80. The highest BCUT2D eigenvalue weighted by Gasteiger charge is 2.11. The number of carbonyl (C=O) groups is 1. The summed E-state index contributed by atoms with van der Waals surface area (Å²) in [5.74, 6) is -0.168. The molecule has 1 unspecified atom stereocenters. The second-order valence-electron chi connectivity index (χ2n) is 3.38. The SMILES string of the molecule is COC(C)CNC(=O)c1cc(Cl)ccc1Br. The van der Waals surface area contributed by atoms with Crippen LogP contribution in [-0.2, 0) is 4.74 Å². The highest BCUT2D eigenvalue weighted by Crippen LogP contribution is 2.20. The number of rotatable bonds is 4. The fraction of sp³-hybridized carbons (Fsp3) is 0.364. The van der Waals surface area contributed by atoms with Gasteiger partial charge in [-0.1, -0.05) is 11.6 Å². The summed E-state index contributed by atoms with van der Waals surface area (Å²) in [5, 5.41) is 3.30. The molecule has 0 heterocycles. The van der Waals surface area contributed by atoms with Crippen LogP contribution in [0, 0.1) is 0 Å². The van der Waals surface area contributed by atoms with Crippen molar-refractivity contribution < 1.29 is 9.53 Å². The molecule has 0 saturated carbocycles. The molecule has 16 heavy (non-hydrogen) atoms. The van der Waals surface area contributed by atoms with Gasteiger partial charge in [-0.2, -0.15) is 0 Å². The van der Waals surface area contributed by atoms with Crippen LogP contribution in [0.5, 0.6) is 0 Å². The number of halogens is 2. The summed E-state index contributed by atoms with van der Waals surface area (Å²) >= 11 is 9.13. The zero-order valence-electron chi connectivity index (χ0n) is 9.09. The van der Waals surface area contributed by atoms with Crippen LogP contribution in [0.4, 0.5) is 0 Å². The molecule has 3 nitrogen and oxygen atoms in total. The van der Waals surface area contributed by atoms with Crippen molar-refractivity contribution >= 4 is 33.4 Å². The normalized spacial score (nSPS) is 12.2. The molecule has 0 aliphatic carbocycles. The summed E-state index contributed by atoms with van der Waals surface area (Å²) in [6.07, 6.45) is -0.0121. The zero-order valence-corrected chi connectivity index (χ0v) is 11.4. The number of hydrogen-bond donors (Lipinski definition) is 1. The van der Waals surface area contributed by atoms with E-state index in [0.717, 1.165) is 4.47 Å². The Morgan fingerprint density at radius 2 is 2.31 bits per heavy atom. The maximum atomic E-state index is 11.8. The van der Waals surface area contributed by atoms with Crippen LogP contribution >= 0.6 is 27.5 Å². The first-order valence-corrected chi connectivity index (χ1v) is 5.97. The maximum absolute atomic E-state index is 11.8. The van der Waals surface area contributed by atoms with Crippen molar-refractivity contribution in [1.82, 2.24) is 5.32 Å². The van der Waals surface area contributed by atoms with Crippen LogP contribution in [0.2, 0.25) is 5.02 Å². The first-order chi connectivity index (χ1) is 7.54. The van der Waals surface area contributed by atoms with E-state index >= 15 is 0 Å². The number of benzene rings is 1. The molecule has 0 bridgehead atoms. The molecule has 0 radical (unpaired) electrons. The van der Waals surface area contributed by atoms with Gasteiger partial charge in [0.25, 0.3) is 5.91 Å². The van der Waals surface area contributed by atoms with Crippen molar-refractivity contribution in [2.45, 2.75) is 13.0 Å². The second kappa shape index (κ2) is 6.23. The largest absolute Gasteiger partial charge is 0.380 e. The molecule has 1 aromatic carbocycles. The first kappa shape index (κ1) is 13.5. The molecule has 88 valence electrons. The predicted molar refractivity (Wildman–Crippen MR) is 68.0 cm³/mol. The fourth-order valence-corrected chi connectivity index (χ4v) is 1.69. The van der Waals surface area contributed by atoms with Crippen molar-refractivity contribution in [3.63, 3.8) is 0 Å². The average molecular weight is 307 g/mol. The van der Waals surface area contributed by atoms with Crippen LogP contribution < -0.4 is 5.32 Å². The van der Waals surface area contributed by atoms with E-state index in [4.69, 9.17) is 16.3 Å². The third-order valence-corrected chi connectivity index (χ3v) is 3.05. The Morgan fingerprint density at radius 3 is 2.94 bits per heavy atom. The van der Waals surface area contributed by atoms with Gasteiger partial charge in [-0.25, -0.2) is 0 Å². The average Bonchev–Trinajstić information content (AvgIpc) is 2.28. The molecule has 0 saturated heterocycles. The monoisotopic (exact) mass is 305 g/mol. The van der Waals surface area contributed by atoms with E-state index < -0.39 is 0 Å². The summed E-state index contributed by atoms with van der Waals surface area (Å²) in [6, 6.07) is 5.09. The third kappa shape index (κ3) is 3.77. The van der Waals surface area contributed by atoms with Crippen LogP contribution in [0.3, 0.4) is 0 Å². The molecular weight excluding hydrogens is 293 g/mol. The lowest BCUT2D eigenvalue weighted by Gasteiger charge is -2.11. The number of nitrogens with one attached hydrogen (secondary N) is 1. The highest BCUT2D eigenvalue weighted by molar-refractivity contribution is 9.10. The molecule has 1 rings (SSSR count). The Morgan fingerprint density at radius 1 is 1.62 bits per heavy atom. The molecule has 5 heteroatoms. The second-order valence-corrected chi connectivity index (χ2v) is 4.67. The van der Waals surface area contributed by atoms with Crippen LogP contribution in [-0.4, -0.2) is 25.7 Å². The van der Waals surface area contributed by atoms with Gasteiger partial charge in [-0.3, -0.25) is 4.79 Å². The van der Waals surface area contributed by atoms with Crippen LogP contribution in [0.1, 0.15) is 17.3 Å². The lowest BCUT2D eigenvalue weighted by molar-refractivity contribution is 0.0870. The van der Waals surface area contributed by atoms with Crippen molar-refractivity contribution in [2.75, 3.05) is 13.7 Å². The van der Waals surface area contributed by atoms with E-state index in [-0.39, 0.29) is 12.0 Å². The number of ether oxygens (including phenoxy) is 1. The van der Waals surface area contributed by atoms with Crippen molar-refractivity contribution in [3.05, 3.63) is 33.3 Å². The molecule has 0 aliphatic rings. The predicted octanol–water partition coefficient (Wildman–Crippen LogP) is 2.87. The topological polar surface area (TPSA) is 38.3 Å². The summed E-state index contributed by atoms with van der Waals surface area (Å²) < 4.78 is 5.76.